The van der Waals surface area contributed by atoms with E-state index in [1.165, 1.54) is 22.8 Å². The van der Waals surface area contributed by atoms with Gasteiger partial charge in [-0.2, -0.15) is 4.99 Å². The van der Waals surface area contributed by atoms with Crippen LogP contribution in [0.2, 0.25) is 0 Å². The molecule has 1 saturated heterocycles. The van der Waals surface area contributed by atoms with E-state index in [-0.39, 0.29) is 19.0 Å². The number of hydrogen-bond donors (Lipinski definition) is 0. The van der Waals surface area contributed by atoms with Crippen LogP contribution < -0.4 is 4.80 Å². The third-order valence-corrected chi connectivity index (χ3v) is 7.61. The summed E-state index contributed by atoms with van der Waals surface area (Å²) in [7, 11) is -2.03. The zero-order valence-electron chi connectivity index (χ0n) is 17.6. The molecule has 1 atom stereocenters. The van der Waals surface area contributed by atoms with Crippen LogP contribution in [0, 0.1) is 5.92 Å². The van der Waals surface area contributed by atoms with Gasteiger partial charge in [-0.3, -0.25) is 9.59 Å². The van der Waals surface area contributed by atoms with Crippen molar-refractivity contribution < 1.29 is 22.7 Å². The van der Waals surface area contributed by atoms with Gasteiger partial charge in [0.2, 0.25) is 10.0 Å². The second kappa shape index (κ2) is 8.99. The van der Waals surface area contributed by atoms with Crippen LogP contribution in [0.15, 0.2) is 23.2 Å². The smallest absolute Gasteiger partial charge is 0.325 e. The molecule has 1 aliphatic rings. The van der Waals surface area contributed by atoms with Crippen LogP contribution in [-0.4, -0.2) is 55.6 Å². The van der Waals surface area contributed by atoms with Gasteiger partial charge in [-0.15, -0.1) is 0 Å². The SMILES string of the molecule is COC(=O)Cn1c(=NC(=O)C2CCCN(S(C)(=O)=O)C2)sc2cc(C(C)C)ccc21. The van der Waals surface area contributed by atoms with Gasteiger partial charge in [-0.25, -0.2) is 12.7 Å². The molecule has 10 heteroatoms. The van der Waals surface area contributed by atoms with E-state index in [0.29, 0.717) is 30.1 Å². The summed E-state index contributed by atoms with van der Waals surface area (Å²) in [4.78, 5) is 29.6. The Morgan fingerprint density at radius 2 is 2.07 bits per heavy atom. The van der Waals surface area contributed by atoms with Gasteiger partial charge in [0.25, 0.3) is 5.91 Å². The molecule has 8 nitrogen and oxygen atoms in total. The number of esters is 1. The van der Waals surface area contributed by atoms with Gasteiger partial charge < -0.3 is 9.30 Å². The highest BCUT2D eigenvalue weighted by Gasteiger charge is 2.30. The number of thiazole rings is 1. The number of sulfonamides is 1. The predicted octanol–water partition coefficient (Wildman–Crippen LogP) is 2.10. The second-order valence-electron chi connectivity index (χ2n) is 7.84. The third-order valence-electron chi connectivity index (χ3n) is 5.30. The van der Waals surface area contributed by atoms with Crippen molar-refractivity contribution in [3.8, 4) is 0 Å². The predicted molar refractivity (Wildman–Crippen MR) is 116 cm³/mol. The fourth-order valence-electron chi connectivity index (χ4n) is 3.51. The minimum absolute atomic E-state index is 0.0518. The molecule has 2 aromatic rings. The number of nitrogens with zero attached hydrogens (tertiary/aromatic N) is 3. The van der Waals surface area contributed by atoms with E-state index in [9.17, 15) is 18.0 Å². The van der Waals surface area contributed by atoms with Crippen molar-refractivity contribution >= 4 is 43.5 Å². The van der Waals surface area contributed by atoms with Crippen LogP contribution in [0.5, 0.6) is 0 Å². The molecule has 0 spiro atoms. The van der Waals surface area contributed by atoms with Gasteiger partial charge in [-0.1, -0.05) is 31.3 Å². The number of piperidine rings is 1. The lowest BCUT2D eigenvalue weighted by atomic mass is 9.99. The van der Waals surface area contributed by atoms with Crippen molar-refractivity contribution in [3.63, 3.8) is 0 Å². The number of hydrogen-bond acceptors (Lipinski definition) is 6. The minimum Gasteiger partial charge on any atom is -0.468 e. The number of carbonyl (C=O) groups excluding carboxylic acids is 2. The summed E-state index contributed by atoms with van der Waals surface area (Å²) in [6.45, 7) is 4.71. The number of fused-ring (bicyclic) bond motifs is 1. The average molecular weight is 454 g/mol. The summed E-state index contributed by atoms with van der Waals surface area (Å²) in [5.74, 6) is -0.941. The van der Waals surface area contributed by atoms with Gasteiger partial charge in [0.05, 0.1) is 29.5 Å². The Labute approximate surface area is 180 Å². The Morgan fingerprint density at radius 1 is 1.33 bits per heavy atom. The Hall–Kier alpha value is -2.04. The molecule has 0 N–H and O–H groups in total. The van der Waals surface area contributed by atoms with E-state index in [2.05, 4.69) is 18.8 Å². The summed E-state index contributed by atoms with van der Waals surface area (Å²) in [5, 5.41) is 0. The summed E-state index contributed by atoms with van der Waals surface area (Å²) < 4.78 is 32.5. The highest BCUT2D eigenvalue weighted by atomic mass is 32.2. The minimum atomic E-state index is -3.35. The first kappa shape index (κ1) is 22.6. The van der Waals surface area contributed by atoms with Crippen LogP contribution in [0.4, 0.5) is 0 Å². The number of methoxy groups -OCH3 is 1. The molecule has 1 aromatic heterocycles. The van der Waals surface area contributed by atoms with Gasteiger partial charge in [0, 0.05) is 13.1 Å². The summed E-state index contributed by atoms with van der Waals surface area (Å²) in [5.41, 5.74) is 1.96. The maximum atomic E-state index is 12.9. The molecule has 30 heavy (non-hydrogen) atoms. The molecule has 3 rings (SSSR count). The second-order valence-corrected chi connectivity index (χ2v) is 10.8. The van der Waals surface area contributed by atoms with Crippen LogP contribution in [-0.2, 0) is 30.9 Å². The zero-order valence-corrected chi connectivity index (χ0v) is 19.3. The molecule has 1 aliphatic heterocycles. The highest BCUT2D eigenvalue weighted by Crippen LogP contribution is 2.24. The van der Waals surface area contributed by atoms with Crippen LogP contribution in [0.3, 0.4) is 0 Å². The van der Waals surface area contributed by atoms with Gasteiger partial charge in [0.1, 0.15) is 6.54 Å². The molecule has 1 amide bonds. The Morgan fingerprint density at radius 3 is 2.70 bits per heavy atom. The highest BCUT2D eigenvalue weighted by molar-refractivity contribution is 7.88. The first-order valence-electron chi connectivity index (χ1n) is 9.84. The molecule has 1 unspecified atom stereocenters. The number of carbonyl (C=O) groups is 2. The van der Waals surface area contributed by atoms with Crippen molar-refractivity contribution in [3.05, 3.63) is 28.6 Å². The Balaban J connectivity index is 2.02. The zero-order chi connectivity index (χ0) is 22.1. The normalized spacial score (nSPS) is 18.8. The molecular formula is C20H27N3O5S2. The van der Waals surface area contributed by atoms with Gasteiger partial charge >= 0.3 is 5.97 Å². The topological polar surface area (TPSA) is 98.0 Å². The number of ether oxygens (including phenoxy) is 1. The first-order chi connectivity index (χ1) is 14.1. The molecule has 0 radical (unpaired) electrons. The lowest BCUT2D eigenvalue weighted by Crippen LogP contribution is -2.41. The molecule has 2 heterocycles. The van der Waals surface area contributed by atoms with E-state index in [1.807, 2.05) is 18.2 Å². The van der Waals surface area contributed by atoms with Crippen LogP contribution in [0.25, 0.3) is 10.2 Å². The number of aromatic nitrogens is 1. The molecule has 0 bridgehead atoms. The quantitative estimate of drug-likeness (QED) is 0.646. The Kier molecular flexibility index (Phi) is 6.78. The van der Waals surface area contributed by atoms with Crippen molar-refractivity contribution in [2.24, 2.45) is 10.9 Å². The van der Waals surface area contributed by atoms with Crippen molar-refractivity contribution in [1.82, 2.24) is 8.87 Å². The van der Waals surface area contributed by atoms with Crippen LogP contribution >= 0.6 is 11.3 Å². The number of amides is 1. The van der Waals surface area contributed by atoms with Crippen molar-refractivity contribution in [2.75, 3.05) is 26.5 Å². The first-order valence-corrected chi connectivity index (χ1v) is 12.5. The fourth-order valence-corrected chi connectivity index (χ4v) is 5.51. The van der Waals surface area contributed by atoms with Gasteiger partial charge in [0.15, 0.2) is 4.80 Å². The summed E-state index contributed by atoms with van der Waals surface area (Å²) in [6.07, 6.45) is 2.36. The standard InChI is InChI=1S/C20H27N3O5S2/c1-13(2)14-7-8-16-17(10-14)29-20(23(16)12-18(24)28-3)21-19(25)15-6-5-9-22(11-15)30(4,26)27/h7-8,10,13,15H,5-6,9,11-12H2,1-4H3. The number of rotatable bonds is 5. The van der Waals surface area contributed by atoms with Crippen molar-refractivity contribution in [2.45, 2.75) is 39.2 Å². The van der Waals surface area contributed by atoms with E-state index < -0.39 is 21.9 Å². The monoisotopic (exact) mass is 453 g/mol. The molecule has 0 saturated carbocycles. The maximum Gasteiger partial charge on any atom is 0.325 e. The molecule has 164 valence electrons. The summed E-state index contributed by atoms with van der Waals surface area (Å²) >= 11 is 1.34. The third kappa shape index (κ3) is 4.98. The van der Waals surface area contributed by atoms with Crippen LogP contribution in [0.1, 0.15) is 38.2 Å². The molecular weight excluding hydrogens is 426 g/mol. The summed E-state index contributed by atoms with van der Waals surface area (Å²) in [6, 6.07) is 5.98. The Bertz CT molecular complexity index is 1130. The number of benzene rings is 1. The van der Waals surface area contributed by atoms with E-state index in [0.717, 1.165) is 22.0 Å². The van der Waals surface area contributed by atoms with Crippen molar-refractivity contribution in [1.29, 1.82) is 0 Å². The van der Waals surface area contributed by atoms with E-state index in [1.54, 1.807) is 4.57 Å². The average Bonchev–Trinajstić information content (AvgIpc) is 3.03. The fraction of sp³-hybridized carbons (Fsp3) is 0.550. The largest absolute Gasteiger partial charge is 0.468 e. The maximum absolute atomic E-state index is 12.9. The van der Waals surface area contributed by atoms with E-state index in [4.69, 9.17) is 4.74 Å². The lowest BCUT2D eigenvalue weighted by molar-refractivity contribution is -0.141. The van der Waals surface area contributed by atoms with Gasteiger partial charge in [-0.05, 0) is 36.5 Å². The molecule has 0 aliphatic carbocycles. The van der Waals surface area contributed by atoms with E-state index >= 15 is 0 Å². The molecule has 1 fully saturated rings. The lowest BCUT2D eigenvalue weighted by Gasteiger charge is -2.28. The molecule has 1 aromatic carbocycles.